The summed E-state index contributed by atoms with van der Waals surface area (Å²) in [5.74, 6) is 0.413. The van der Waals surface area contributed by atoms with E-state index in [4.69, 9.17) is 5.73 Å². The van der Waals surface area contributed by atoms with Crippen molar-refractivity contribution in [2.75, 3.05) is 19.6 Å². The molecule has 1 fully saturated rings. The minimum Gasteiger partial charge on any atom is -0.385 e. The van der Waals surface area contributed by atoms with Gasteiger partial charge in [-0.2, -0.15) is 0 Å². The molecule has 3 nitrogen and oxygen atoms in total. The highest BCUT2D eigenvalue weighted by Gasteiger charge is 2.38. The Morgan fingerprint density at radius 2 is 1.70 bits per heavy atom. The minimum absolute atomic E-state index is 0.413. The summed E-state index contributed by atoms with van der Waals surface area (Å²) < 4.78 is 0. The predicted octanol–water partition coefficient (Wildman–Crippen LogP) is 3.56. The Morgan fingerprint density at radius 3 is 2.39 bits per heavy atom. The SMILES string of the molecule is NCCCCNCCCC(O)(c1ccccc1)C1CCCCC1. The van der Waals surface area contributed by atoms with Crippen LogP contribution in [0, 0.1) is 5.92 Å². The lowest BCUT2D eigenvalue weighted by atomic mass is 9.71. The molecule has 0 aliphatic heterocycles. The van der Waals surface area contributed by atoms with Gasteiger partial charge in [0.25, 0.3) is 0 Å². The van der Waals surface area contributed by atoms with Gasteiger partial charge in [0.15, 0.2) is 0 Å². The van der Waals surface area contributed by atoms with Crippen molar-refractivity contribution in [2.45, 2.75) is 63.4 Å². The van der Waals surface area contributed by atoms with Crippen molar-refractivity contribution >= 4 is 0 Å². The zero-order valence-electron chi connectivity index (χ0n) is 14.5. The number of nitrogens with two attached hydrogens (primary N) is 1. The Kier molecular flexibility index (Phi) is 8.07. The molecule has 1 aromatic rings. The quantitative estimate of drug-likeness (QED) is 0.578. The van der Waals surface area contributed by atoms with E-state index in [1.807, 2.05) is 18.2 Å². The van der Waals surface area contributed by atoms with Gasteiger partial charge >= 0.3 is 0 Å². The van der Waals surface area contributed by atoms with Crippen molar-refractivity contribution in [3.05, 3.63) is 35.9 Å². The van der Waals surface area contributed by atoms with E-state index in [1.165, 1.54) is 19.3 Å². The van der Waals surface area contributed by atoms with Crippen LogP contribution in [-0.2, 0) is 5.60 Å². The number of aliphatic hydroxyl groups is 1. The van der Waals surface area contributed by atoms with E-state index < -0.39 is 5.60 Å². The second kappa shape index (κ2) is 10.1. The van der Waals surface area contributed by atoms with Gasteiger partial charge in [0.2, 0.25) is 0 Å². The molecule has 0 saturated heterocycles. The lowest BCUT2D eigenvalue weighted by Gasteiger charge is -2.39. The van der Waals surface area contributed by atoms with Crippen LogP contribution in [0.1, 0.15) is 63.4 Å². The second-order valence-electron chi connectivity index (χ2n) is 6.97. The molecule has 4 N–H and O–H groups in total. The molecule has 1 saturated carbocycles. The summed E-state index contributed by atoms with van der Waals surface area (Å²) in [6, 6.07) is 10.3. The topological polar surface area (TPSA) is 58.3 Å². The van der Waals surface area contributed by atoms with Gasteiger partial charge in [-0.05, 0) is 69.6 Å². The maximum atomic E-state index is 11.5. The molecule has 2 rings (SSSR count). The summed E-state index contributed by atoms with van der Waals surface area (Å²) in [4.78, 5) is 0. The third-order valence-corrected chi connectivity index (χ3v) is 5.27. The van der Waals surface area contributed by atoms with Gasteiger partial charge in [-0.25, -0.2) is 0 Å². The first kappa shape index (κ1) is 18.4. The smallest absolute Gasteiger partial charge is 0.0925 e. The minimum atomic E-state index is -0.652. The maximum absolute atomic E-state index is 11.5. The van der Waals surface area contributed by atoms with Crippen molar-refractivity contribution in [1.82, 2.24) is 5.32 Å². The first-order chi connectivity index (χ1) is 11.3. The van der Waals surface area contributed by atoms with E-state index in [-0.39, 0.29) is 0 Å². The molecule has 1 atom stereocenters. The highest BCUT2D eigenvalue weighted by molar-refractivity contribution is 5.23. The summed E-state index contributed by atoms with van der Waals surface area (Å²) in [7, 11) is 0. The number of nitrogens with one attached hydrogen (secondary N) is 1. The molecule has 23 heavy (non-hydrogen) atoms. The fraction of sp³-hybridized carbons (Fsp3) is 0.700. The Balaban J connectivity index is 1.89. The average molecular weight is 319 g/mol. The zero-order valence-corrected chi connectivity index (χ0v) is 14.5. The molecule has 1 aromatic carbocycles. The normalized spacial score (nSPS) is 18.7. The van der Waals surface area contributed by atoms with Crippen molar-refractivity contribution < 1.29 is 5.11 Å². The highest BCUT2D eigenvalue weighted by Crippen LogP contribution is 2.42. The molecule has 0 heterocycles. The third-order valence-electron chi connectivity index (χ3n) is 5.27. The first-order valence-electron chi connectivity index (χ1n) is 9.46. The van der Waals surface area contributed by atoms with Gasteiger partial charge in [-0.3, -0.25) is 0 Å². The molecule has 3 heteroatoms. The van der Waals surface area contributed by atoms with Crippen molar-refractivity contribution in [1.29, 1.82) is 0 Å². The molecule has 130 valence electrons. The molecule has 0 spiro atoms. The predicted molar refractivity (Wildman–Crippen MR) is 97.3 cm³/mol. The van der Waals surface area contributed by atoms with E-state index in [0.717, 1.165) is 63.7 Å². The van der Waals surface area contributed by atoms with Crippen molar-refractivity contribution in [3.63, 3.8) is 0 Å². The number of benzene rings is 1. The van der Waals surface area contributed by atoms with E-state index in [1.54, 1.807) is 0 Å². The number of hydrogen-bond donors (Lipinski definition) is 3. The molecule has 0 amide bonds. The van der Waals surface area contributed by atoms with E-state index in [2.05, 4.69) is 17.4 Å². The standard InChI is InChI=1S/C20H34N2O/c21-15-7-8-16-22-17-9-14-20(23,18-10-3-1-4-11-18)19-12-5-2-6-13-19/h1,3-4,10-11,19,22-23H,2,5-9,12-17,21H2. The summed E-state index contributed by atoms with van der Waals surface area (Å²) >= 11 is 0. The summed E-state index contributed by atoms with van der Waals surface area (Å²) in [5.41, 5.74) is 5.97. The molecule has 0 bridgehead atoms. The summed E-state index contributed by atoms with van der Waals surface area (Å²) in [6.45, 7) is 2.79. The number of unbranched alkanes of at least 4 members (excludes halogenated alkanes) is 1. The number of rotatable bonds is 10. The third kappa shape index (κ3) is 5.59. The average Bonchev–Trinajstić information content (AvgIpc) is 2.62. The Bertz CT molecular complexity index is 417. The second-order valence-corrected chi connectivity index (χ2v) is 6.97. The van der Waals surface area contributed by atoms with Crippen molar-refractivity contribution in [2.24, 2.45) is 11.7 Å². The van der Waals surface area contributed by atoms with Crippen LogP contribution in [0.2, 0.25) is 0 Å². The zero-order chi connectivity index (χ0) is 16.4. The van der Waals surface area contributed by atoms with Gasteiger partial charge in [0.1, 0.15) is 0 Å². The van der Waals surface area contributed by atoms with Crippen LogP contribution in [0.15, 0.2) is 30.3 Å². The van der Waals surface area contributed by atoms with E-state index in [9.17, 15) is 5.11 Å². The van der Waals surface area contributed by atoms with Crippen LogP contribution in [0.25, 0.3) is 0 Å². The van der Waals surface area contributed by atoms with Crippen LogP contribution in [0.3, 0.4) is 0 Å². The molecule has 0 radical (unpaired) electrons. The largest absolute Gasteiger partial charge is 0.385 e. The highest BCUT2D eigenvalue weighted by atomic mass is 16.3. The van der Waals surface area contributed by atoms with Crippen LogP contribution >= 0.6 is 0 Å². The molecular formula is C20H34N2O. The summed E-state index contributed by atoms with van der Waals surface area (Å²) in [6.07, 6.45) is 10.3. The van der Waals surface area contributed by atoms with E-state index in [0.29, 0.717) is 5.92 Å². The van der Waals surface area contributed by atoms with Gasteiger partial charge < -0.3 is 16.2 Å². The monoisotopic (exact) mass is 318 g/mol. The lowest BCUT2D eigenvalue weighted by Crippen LogP contribution is -2.37. The molecule has 1 aliphatic rings. The van der Waals surface area contributed by atoms with Crippen LogP contribution in [-0.4, -0.2) is 24.7 Å². The maximum Gasteiger partial charge on any atom is 0.0925 e. The molecule has 0 aromatic heterocycles. The Hall–Kier alpha value is -0.900. The fourth-order valence-electron chi connectivity index (χ4n) is 3.89. The van der Waals surface area contributed by atoms with Crippen LogP contribution in [0.5, 0.6) is 0 Å². The molecule has 1 unspecified atom stereocenters. The lowest BCUT2D eigenvalue weighted by molar-refractivity contribution is -0.0474. The van der Waals surface area contributed by atoms with E-state index >= 15 is 0 Å². The van der Waals surface area contributed by atoms with Gasteiger partial charge in [-0.15, -0.1) is 0 Å². The van der Waals surface area contributed by atoms with Crippen molar-refractivity contribution in [3.8, 4) is 0 Å². The summed E-state index contributed by atoms with van der Waals surface area (Å²) in [5, 5.41) is 15.0. The van der Waals surface area contributed by atoms with Crippen LogP contribution < -0.4 is 11.1 Å². The number of hydrogen-bond acceptors (Lipinski definition) is 3. The Morgan fingerprint density at radius 1 is 1.00 bits per heavy atom. The van der Waals surface area contributed by atoms with Gasteiger partial charge in [0.05, 0.1) is 5.60 Å². The van der Waals surface area contributed by atoms with Crippen LogP contribution in [0.4, 0.5) is 0 Å². The fourth-order valence-corrected chi connectivity index (χ4v) is 3.89. The van der Waals surface area contributed by atoms with Gasteiger partial charge in [0, 0.05) is 0 Å². The molecule has 1 aliphatic carbocycles. The molecular weight excluding hydrogens is 284 g/mol. The Labute approximate surface area is 141 Å². The van der Waals surface area contributed by atoms with Gasteiger partial charge in [-0.1, -0.05) is 49.6 Å². The first-order valence-corrected chi connectivity index (χ1v) is 9.46.